The number of aliphatic hydroxyl groups excluding tert-OH is 1. The molecule has 0 saturated heterocycles. The number of hydrogen-bond acceptors (Lipinski definition) is 3. The van der Waals surface area contributed by atoms with Gasteiger partial charge in [-0.05, 0) is 18.5 Å². The van der Waals surface area contributed by atoms with Gasteiger partial charge < -0.3 is 5.11 Å². The van der Waals surface area contributed by atoms with Crippen molar-refractivity contribution in [3.63, 3.8) is 0 Å². The molecular weight excluding hydrogens is 166 g/mol. The number of rotatable bonds is 2. The third-order valence-electron chi connectivity index (χ3n) is 0.511. The molecule has 58 valence electrons. The Morgan fingerprint density at radius 1 is 1.80 bits per heavy atom. The number of thioether (sulfide) groups is 1. The molecule has 0 atom stereocenters. The van der Waals surface area contributed by atoms with Crippen LogP contribution in [-0.2, 0) is 0 Å². The summed E-state index contributed by atoms with van der Waals surface area (Å²) in [4.78, 5) is 0. The standard InChI is InChI=1S/C3H5NS.C3H6OS/c1-5-3-2-4;1-2-3(4)5/h3H2,1H3;2H2,1H3,(H,4,5). The Hall–Kier alpha value is -0.270. The minimum Gasteiger partial charge on any atom is -0.502 e. The van der Waals surface area contributed by atoms with Crippen LogP contribution >= 0.6 is 24.0 Å². The maximum absolute atomic E-state index is 8.09. The summed E-state index contributed by atoms with van der Waals surface area (Å²) in [6.45, 7) is 1.81. The van der Waals surface area contributed by atoms with Crippen molar-refractivity contribution in [3.8, 4) is 6.07 Å². The summed E-state index contributed by atoms with van der Waals surface area (Å²) >= 11 is 5.79. The summed E-state index contributed by atoms with van der Waals surface area (Å²) in [5.41, 5.74) is 0. The summed E-state index contributed by atoms with van der Waals surface area (Å²) in [6.07, 6.45) is 2.50. The predicted molar refractivity (Wildman–Crippen MR) is 49.5 cm³/mol. The van der Waals surface area contributed by atoms with E-state index in [9.17, 15) is 0 Å². The molecule has 0 radical (unpaired) electrons. The van der Waals surface area contributed by atoms with Crippen molar-refractivity contribution in [1.82, 2.24) is 0 Å². The molecule has 0 bridgehead atoms. The lowest BCUT2D eigenvalue weighted by Crippen LogP contribution is -1.82. The number of thiocarbonyl (C=S) groups is 1. The predicted octanol–water partition coefficient (Wildman–Crippen LogP) is 2.15. The highest BCUT2D eigenvalue weighted by atomic mass is 32.2. The van der Waals surface area contributed by atoms with Crippen molar-refractivity contribution in [2.24, 2.45) is 0 Å². The maximum Gasteiger partial charge on any atom is 0.156 e. The van der Waals surface area contributed by atoms with Gasteiger partial charge in [-0.1, -0.05) is 6.92 Å². The first-order chi connectivity index (χ1) is 4.68. The van der Waals surface area contributed by atoms with Crippen LogP contribution in [0.5, 0.6) is 0 Å². The van der Waals surface area contributed by atoms with Gasteiger partial charge in [0, 0.05) is 6.42 Å². The van der Waals surface area contributed by atoms with E-state index >= 15 is 0 Å². The number of nitriles is 1. The minimum atomic E-state index is 0.0880. The smallest absolute Gasteiger partial charge is 0.156 e. The lowest BCUT2D eigenvalue weighted by molar-refractivity contribution is 0.553. The van der Waals surface area contributed by atoms with Crippen molar-refractivity contribution >= 4 is 29.0 Å². The Morgan fingerprint density at radius 2 is 2.20 bits per heavy atom. The topological polar surface area (TPSA) is 44.0 Å². The van der Waals surface area contributed by atoms with Crippen LogP contribution < -0.4 is 0 Å². The average Bonchev–Trinajstić information content (AvgIpc) is 1.91. The van der Waals surface area contributed by atoms with E-state index in [2.05, 4.69) is 12.2 Å². The second-order valence-electron chi connectivity index (χ2n) is 1.34. The zero-order valence-corrected chi connectivity index (χ0v) is 7.76. The molecule has 0 aliphatic rings. The fourth-order valence-electron chi connectivity index (χ4n) is 0.0645. The molecule has 0 spiro atoms. The lowest BCUT2D eigenvalue weighted by atomic mass is 10.5. The van der Waals surface area contributed by atoms with Crippen molar-refractivity contribution in [2.45, 2.75) is 13.3 Å². The molecule has 0 amide bonds. The summed E-state index contributed by atoms with van der Waals surface area (Å²) in [6, 6.07) is 1.98. The molecule has 0 saturated carbocycles. The molecule has 0 heterocycles. The third-order valence-corrected chi connectivity index (χ3v) is 1.22. The quantitative estimate of drug-likeness (QED) is 0.656. The average molecular weight is 177 g/mol. The van der Waals surface area contributed by atoms with Gasteiger partial charge in [-0.15, -0.1) is 0 Å². The molecule has 0 unspecified atom stereocenters. The molecule has 0 aromatic carbocycles. The van der Waals surface area contributed by atoms with Gasteiger partial charge in [-0.3, -0.25) is 0 Å². The Bertz CT molecular complexity index is 119. The van der Waals surface area contributed by atoms with Crippen LogP contribution in [0.2, 0.25) is 0 Å². The highest BCUT2D eigenvalue weighted by Gasteiger charge is 1.74. The van der Waals surface area contributed by atoms with Gasteiger partial charge in [-0.2, -0.15) is 17.0 Å². The highest BCUT2D eigenvalue weighted by Crippen LogP contribution is 1.84. The van der Waals surface area contributed by atoms with Gasteiger partial charge in [0.15, 0.2) is 5.05 Å². The fraction of sp³-hybridized carbons (Fsp3) is 0.667. The van der Waals surface area contributed by atoms with Crippen LogP contribution in [0.15, 0.2) is 0 Å². The molecule has 0 fully saturated rings. The second-order valence-corrected chi connectivity index (χ2v) is 2.68. The Kier molecular flexibility index (Phi) is 14.3. The van der Waals surface area contributed by atoms with Gasteiger partial charge in [0.05, 0.1) is 11.8 Å². The Balaban J connectivity index is 0. The first-order valence-corrected chi connectivity index (χ1v) is 4.56. The lowest BCUT2D eigenvalue weighted by Gasteiger charge is -1.76. The third kappa shape index (κ3) is 25.2. The maximum atomic E-state index is 8.09. The molecule has 10 heavy (non-hydrogen) atoms. The number of nitrogens with zero attached hydrogens (tertiary/aromatic N) is 1. The molecule has 0 rings (SSSR count). The van der Waals surface area contributed by atoms with Crippen LogP contribution in [0.25, 0.3) is 0 Å². The van der Waals surface area contributed by atoms with E-state index in [0.29, 0.717) is 12.2 Å². The zero-order chi connectivity index (χ0) is 8.41. The van der Waals surface area contributed by atoms with Crippen LogP contribution in [-0.4, -0.2) is 22.2 Å². The normalized spacial score (nSPS) is 6.90. The van der Waals surface area contributed by atoms with Crippen LogP contribution in [0.3, 0.4) is 0 Å². The van der Waals surface area contributed by atoms with Crippen LogP contribution in [0, 0.1) is 11.3 Å². The SMILES string of the molecule is CCC(O)=S.CSCC#N. The summed E-state index contributed by atoms with van der Waals surface area (Å²) in [5, 5.41) is 16.0. The molecule has 1 N–H and O–H groups in total. The van der Waals surface area contributed by atoms with Gasteiger partial charge in [0.1, 0.15) is 0 Å². The number of hydrogen-bond donors (Lipinski definition) is 1. The fourth-order valence-corrected chi connectivity index (χ4v) is 0.194. The Morgan fingerprint density at radius 3 is 2.20 bits per heavy atom. The van der Waals surface area contributed by atoms with E-state index in [4.69, 9.17) is 10.4 Å². The highest BCUT2D eigenvalue weighted by molar-refractivity contribution is 7.98. The molecule has 0 aliphatic carbocycles. The first kappa shape index (κ1) is 12.4. The van der Waals surface area contributed by atoms with Crippen molar-refractivity contribution in [2.75, 3.05) is 12.0 Å². The van der Waals surface area contributed by atoms with E-state index in [1.54, 1.807) is 11.8 Å². The van der Waals surface area contributed by atoms with Gasteiger partial charge in [0.2, 0.25) is 0 Å². The second kappa shape index (κ2) is 11.5. The number of aliphatic hydroxyl groups is 1. The zero-order valence-electron chi connectivity index (χ0n) is 6.13. The van der Waals surface area contributed by atoms with Crippen molar-refractivity contribution in [3.05, 3.63) is 0 Å². The van der Waals surface area contributed by atoms with E-state index in [1.807, 2.05) is 19.2 Å². The molecule has 4 heteroatoms. The summed E-state index contributed by atoms with van der Waals surface area (Å²) < 4.78 is 0. The van der Waals surface area contributed by atoms with Crippen LogP contribution in [0.1, 0.15) is 13.3 Å². The molecular formula is C6H11NOS2. The van der Waals surface area contributed by atoms with Crippen LogP contribution in [0.4, 0.5) is 0 Å². The van der Waals surface area contributed by atoms with E-state index in [1.165, 1.54) is 0 Å². The van der Waals surface area contributed by atoms with Crippen molar-refractivity contribution < 1.29 is 5.11 Å². The molecule has 0 aromatic rings. The Labute approximate surface area is 71.2 Å². The summed E-state index contributed by atoms with van der Waals surface area (Å²) in [5.74, 6) is 0.611. The molecule has 0 aliphatic heterocycles. The van der Waals surface area contributed by atoms with Gasteiger partial charge in [-0.25, -0.2) is 0 Å². The molecule has 2 nitrogen and oxygen atoms in total. The van der Waals surface area contributed by atoms with E-state index < -0.39 is 0 Å². The van der Waals surface area contributed by atoms with Crippen molar-refractivity contribution in [1.29, 1.82) is 5.26 Å². The summed E-state index contributed by atoms with van der Waals surface area (Å²) in [7, 11) is 0. The molecule has 0 aromatic heterocycles. The monoisotopic (exact) mass is 177 g/mol. The van der Waals surface area contributed by atoms with Gasteiger partial charge >= 0.3 is 0 Å². The first-order valence-electron chi connectivity index (χ1n) is 2.76. The van der Waals surface area contributed by atoms with E-state index in [-0.39, 0.29) is 5.05 Å². The minimum absolute atomic E-state index is 0.0880. The van der Waals surface area contributed by atoms with Gasteiger partial charge in [0.25, 0.3) is 0 Å². The largest absolute Gasteiger partial charge is 0.502 e. The van der Waals surface area contributed by atoms with E-state index in [0.717, 1.165) is 0 Å².